The highest BCUT2D eigenvalue weighted by atomic mass is 35.5. The van der Waals surface area contributed by atoms with Gasteiger partial charge in [0.1, 0.15) is 6.04 Å². The van der Waals surface area contributed by atoms with E-state index in [0.717, 1.165) is 0 Å². The smallest absolute Gasteiger partial charge is 0.321 e. The molecular weight excluding hydrogens is 202 g/mol. The van der Waals surface area contributed by atoms with Gasteiger partial charge in [0.2, 0.25) is 0 Å². The number of carboxylic acids is 1. The lowest BCUT2D eigenvalue weighted by molar-refractivity contribution is -0.138. The van der Waals surface area contributed by atoms with Crippen molar-refractivity contribution < 1.29 is 9.90 Å². The van der Waals surface area contributed by atoms with E-state index < -0.39 is 12.0 Å². The third kappa shape index (κ3) is 11.1. The minimum Gasteiger partial charge on any atom is -0.480 e. The molecule has 0 aromatic heterocycles. The van der Waals surface area contributed by atoms with E-state index in [1.807, 2.05) is 0 Å². The van der Waals surface area contributed by atoms with Crippen molar-refractivity contribution in [3.05, 3.63) is 0 Å². The molecule has 10 heavy (non-hydrogen) atoms. The van der Waals surface area contributed by atoms with Crippen LogP contribution in [0.3, 0.4) is 0 Å². The van der Waals surface area contributed by atoms with Crippen molar-refractivity contribution >= 4 is 43.2 Å². The van der Waals surface area contributed by atoms with Crippen LogP contribution in [0, 0.1) is 0 Å². The fourth-order valence-electron chi connectivity index (χ4n) is 0.101. The number of carboxylic acid groups (broad SMARTS) is 1. The number of hydrogen-bond donors (Lipinski definition) is 3. The molecule has 0 saturated heterocycles. The normalized spacial score (nSPS) is 9.40. The Hall–Kier alpha value is 0.260. The van der Waals surface area contributed by atoms with Gasteiger partial charge in [-0.3, -0.25) is 4.79 Å². The van der Waals surface area contributed by atoms with E-state index in [0.29, 0.717) is 0 Å². The summed E-state index contributed by atoms with van der Waals surface area (Å²) < 4.78 is 0. The van der Waals surface area contributed by atoms with Crippen LogP contribution < -0.4 is 11.5 Å². The third-order valence-electron chi connectivity index (χ3n) is 0.571. The number of aliphatic carboxylic acids is 1. The van der Waals surface area contributed by atoms with Gasteiger partial charge >= 0.3 is 5.97 Å². The van der Waals surface area contributed by atoms with Crippen LogP contribution in [0.2, 0.25) is 0 Å². The predicted molar refractivity (Wildman–Crippen MR) is 46.4 cm³/mol. The van der Waals surface area contributed by atoms with Gasteiger partial charge in [-0.25, -0.2) is 0 Å². The summed E-state index contributed by atoms with van der Waals surface area (Å²) >= 11 is 0. The van der Waals surface area contributed by atoms with Gasteiger partial charge in [0.15, 0.2) is 0 Å². The average Bonchev–Trinajstić information content (AvgIpc) is 1.65. The maximum atomic E-state index is 9.73. The zero-order valence-electron chi connectivity index (χ0n) is 5.02. The van der Waals surface area contributed by atoms with Crippen LogP contribution in [0.15, 0.2) is 0 Å². The van der Waals surface area contributed by atoms with Crippen molar-refractivity contribution in [2.45, 2.75) is 6.04 Å². The summed E-state index contributed by atoms with van der Waals surface area (Å²) in [7, 11) is 0. The van der Waals surface area contributed by atoms with Crippen LogP contribution in [0.4, 0.5) is 0 Å². The summed E-state index contributed by atoms with van der Waals surface area (Å²) in [6.07, 6.45) is 0. The molecule has 5 N–H and O–H groups in total. The van der Waals surface area contributed by atoms with E-state index >= 15 is 0 Å². The van der Waals surface area contributed by atoms with E-state index in [1.54, 1.807) is 0 Å². The number of rotatable bonds is 2. The van der Waals surface area contributed by atoms with Crippen LogP contribution >= 0.6 is 37.2 Å². The van der Waals surface area contributed by atoms with Crippen LogP contribution in [0.25, 0.3) is 0 Å². The molecule has 0 heterocycles. The molecule has 4 nitrogen and oxygen atoms in total. The van der Waals surface area contributed by atoms with E-state index in [2.05, 4.69) is 0 Å². The highest BCUT2D eigenvalue weighted by Crippen LogP contribution is 1.68. The fraction of sp³-hybridized carbons (Fsp3) is 0.667. The second-order valence-electron chi connectivity index (χ2n) is 1.18. The summed E-state index contributed by atoms with van der Waals surface area (Å²) in [6, 6.07) is -0.903. The molecule has 0 spiro atoms. The maximum absolute atomic E-state index is 9.73. The molecule has 0 amide bonds. The number of halogens is 3. The van der Waals surface area contributed by atoms with Gasteiger partial charge < -0.3 is 16.6 Å². The quantitative estimate of drug-likeness (QED) is 0.583. The van der Waals surface area contributed by atoms with Crippen molar-refractivity contribution in [1.82, 2.24) is 0 Å². The highest BCUT2D eigenvalue weighted by Gasteiger charge is 2.05. The first-order chi connectivity index (χ1) is 3.18. The topological polar surface area (TPSA) is 89.3 Å². The molecule has 0 aromatic carbocycles. The molecule has 7 heteroatoms. The van der Waals surface area contributed by atoms with Crippen LogP contribution in [0.1, 0.15) is 0 Å². The van der Waals surface area contributed by atoms with E-state index in [4.69, 9.17) is 16.6 Å². The number of carbonyl (C=O) groups is 1. The van der Waals surface area contributed by atoms with Crippen molar-refractivity contribution in [2.75, 3.05) is 6.54 Å². The molecule has 0 aliphatic rings. The van der Waals surface area contributed by atoms with Crippen LogP contribution in [-0.4, -0.2) is 23.7 Å². The molecule has 0 aliphatic carbocycles. The van der Waals surface area contributed by atoms with Gasteiger partial charge in [-0.1, -0.05) is 0 Å². The van der Waals surface area contributed by atoms with Gasteiger partial charge in [0, 0.05) is 6.54 Å². The Bertz CT molecular complexity index is 82.1. The van der Waals surface area contributed by atoms with E-state index in [1.165, 1.54) is 0 Å². The zero-order valence-corrected chi connectivity index (χ0v) is 7.47. The number of hydrogen-bond acceptors (Lipinski definition) is 3. The Morgan fingerprint density at radius 1 is 1.40 bits per heavy atom. The lowest BCUT2D eigenvalue weighted by atomic mass is 10.3. The fourth-order valence-corrected chi connectivity index (χ4v) is 0.101. The van der Waals surface area contributed by atoms with Crippen molar-refractivity contribution in [3.63, 3.8) is 0 Å². The lowest BCUT2D eigenvalue weighted by Gasteiger charge is -1.97. The summed E-state index contributed by atoms with van der Waals surface area (Å²) in [6.45, 7) is -0.00463. The molecule has 0 aromatic rings. The molecule has 0 radical (unpaired) electrons. The van der Waals surface area contributed by atoms with E-state index in [9.17, 15) is 4.79 Å². The third-order valence-corrected chi connectivity index (χ3v) is 0.571. The monoisotopic (exact) mass is 212 g/mol. The lowest BCUT2D eigenvalue weighted by Crippen LogP contribution is -2.37. The summed E-state index contributed by atoms with van der Waals surface area (Å²) in [5.41, 5.74) is 9.76. The Balaban J connectivity index is -0.0000000600. The van der Waals surface area contributed by atoms with E-state index in [-0.39, 0.29) is 43.8 Å². The second kappa shape index (κ2) is 12.0. The molecule has 66 valence electrons. The molecular formula is C3H11Cl3N2O2. The minimum atomic E-state index is -1.05. The van der Waals surface area contributed by atoms with Crippen molar-refractivity contribution in [1.29, 1.82) is 0 Å². The molecule has 0 rings (SSSR count). The Morgan fingerprint density at radius 3 is 1.70 bits per heavy atom. The first kappa shape index (κ1) is 22.5. The zero-order chi connectivity index (χ0) is 5.86. The minimum absolute atomic E-state index is 0. The van der Waals surface area contributed by atoms with Gasteiger partial charge in [-0.2, -0.15) is 0 Å². The Labute approximate surface area is 77.6 Å². The van der Waals surface area contributed by atoms with Crippen molar-refractivity contribution in [2.24, 2.45) is 11.5 Å². The molecule has 0 fully saturated rings. The number of nitrogens with two attached hydrogens (primary N) is 2. The summed E-state index contributed by atoms with van der Waals surface area (Å²) in [5.74, 6) is -1.05. The van der Waals surface area contributed by atoms with Crippen molar-refractivity contribution in [3.8, 4) is 0 Å². The van der Waals surface area contributed by atoms with Crippen LogP contribution in [0.5, 0.6) is 0 Å². The maximum Gasteiger partial charge on any atom is 0.321 e. The van der Waals surface area contributed by atoms with Gasteiger partial charge in [-0.05, 0) is 0 Å². The summed E-state index contributed by atoms with van der Waals surface area (Å²) in [4.78, 5) is 9.73. The highest BCUT2D eigenvalue weighted by molar-refractivity contribution is 5.86. The average molecular weight is 213 g/mol. The first-order valence-electron chi connectivity index (χ1n) is 1.87. The molecule has 0 bridgehead atoms. The van der Waals surface area contributed by atoms with Gasteiger partial charge in [0.25, 0.3) is 0 Å². The Morgan fingerprint density at radius 2 is 1.70 bits per heavy atom. The van der Waals surface area contributed by atoms with Crippen LogP contribution in [-0.2, 0) is 4.79 Å². The van der Waals surface area contributed by atoms with Gasteiger partial charge in [-0.15, -0.1) is 37.2 Å². The second-order valence-corrected chi connectivity index (χ2v) is 1.18. The summed E-state index contributed by atoms with van der Waals surface area (Å²) in [5, 5.41) is 7.98. The molecule has 1 unspecified atom stereocenters. The van der Waals surface area contributed by atoms with Gasteiger partial charge in [0.05, 0.1) is 0 Å². The SMILES string of the molecule is Cl.Cl.Cl.NCC(N)C(=O)O. The Kier molecular flexibility index (Phi) is 26.9. The molecule has 0 saturated carbocycles. The molecule has 1 atom stereocenters. The standard InChI is InChI=1S/C3H8N2O2.3ClH/c4-1-2(5)3(6)7;;;/h2H,1,4-5H2,(H,6,7);3*1H. The first-order valence-corrected chi connectivity index (χ1v) is 1.87. The predicted octanol–water partition coefficient (Wildman–Crippen LogP) is -0.378. The largest absolute Gasteiger partial charge is 0.480 e. The molecule has 0 aliphatic heterocycles.